The summed E-state index contributed by atoms with van der Waals surface area (Å²) in [7, 11) is 0. The number of rotatable bonds is 0. The minimum atomic E-state index is 0.296. The number of hydrazine groups is 1. The van der Waals surface area contributed by atoms with E-state index in [4.69, 9.17) is 16.9 Å². The van der Waals surface area contributed by atoms with Crippen molar-refractivity contribution < 1.29 is 0 Å². The topological polar surface area (TPSA) is 63.8 Å². The molecule has 2 aliphatic heterocycles. The largest absolute Gasteiger partial charge is 0.230 e. The molecule has 0 aliphatic carbocycles. The highest BCUT2D eigenvalue weighted by Crippen LogP contribution is 2.23. The van der Waals surface area contributed by atoms with Crippen LogP contribution < -0.4 is 5.43 Å². The third kappa shape index (κ3) is 1.39. The van der Waals surface area contributed by atoms with Crippen LogP contribution in [0.1, 0.15) is 0 Å². The monoisotopic (exact) mass is 227 g/mol. The molecule has 1 N–H and O–H groups in total. The Morgan fingerprint density at radius 2 is 2.43 bits per heavy atom. The fourth-order valence-electron chi connectivity index (χ4n) is 1.14. The zero-order valence-electron chi connectivity index (χ0n) is 7.28. The molecule has 0 radical (unpaired) electrons. The van der Waals surface area contributed by atoms with E-state index in [1.165, 1.54) is 16.8 Å². The average molecular weight is 228 g/mol. The van der Waals surface area contributed by atoms with Crippen LogP contribution in [0, 0.1) is 11.3 Å². The molecule has 2 heterocycles. The second-order valence-corrected chi connectivity index (χ2v) is 3.68. The number of hydrogen-bond acceptors (Lipinski definition) is 6. The number of nitrogens with one attached hydrogen (secondary N) is 1. The van der Waals surface area contributed by atoms with Crippen LogP contribution in [0.5, 0.6) is 0 Å². The van der Waals surface area contributed by atoms with Gasteiger partial charge in [-0.05, 0) is 17.9 Å². The highest BCUT2D eigenvalue weighted by molar-refractivity contribution is 8.13. The van der Waals surface area contributed by atoms with Gasteiger partial charge in [0.25, 0.3) is 0 Å². The van der Waals surface area contributed by atoms with E-state index < -0.39 is 0 Å². The molecule has 2 rings (SSSR count). The Balaban J connectivity index is 2.46. The maximum atomic E-state index is 8.82. The third-order valence-electron chi connectivity index (χ3n) is 1.79. The minimum Gasteiger partial charge on any atom is -0.230 e. The van der Waals surface area contributed by atoms with Crippen LogP contribution in [-0.4, -0.2) is 28.3 Å². The summed E-state index contributed by atoms with van der Waals surface area (Å²) in [6.07, 6.45) is 1.86. The van der Waals surface area contributed by atoms with Crippen molar-refractivity contribution in [1.82, 2.24) is 10.4 Å². The van der Waals surface area contributed by atoms with Crippen molar-refractivity contribution >= 4 is 33.8 Å². The lowest BCUT2D eigenvalue weighted by Gasteiger charge is -2.20. The summed E-state index contributed by atoms with van der Waals surface area (Å²) >= 11 is 7.28. The van der Waals surface area contributed by atoms with Gasteiger partial charge in [-0.15, -0.1) is 0 Å². The second kappa shape index (κ2) is 3.61. The van der Waals surface area contributed by atoms with E-state index in [1.807, 2.05) is 6.26 Å². The second-order valence-electron chi connectivity index (χ2n) is 2.56. The van der Waals surface area contributed by atoms with Crippen LogP contribution >= 0.6 is 23.4 Å². The summed E-state index contributed by atoms with van der Waals surface area (Å²) in [5.74, 6) is 0.553. The van der Waals surface area contributed by atoms with Crippen molar-refractivity contribution in [1.29, 1.82) is 5.26 Å². The van der Waals surface area contributed by atoms with Gasteiger partial charge >= 0.3 is 0 Å². The Kier molecular flexibility index (Phi) is 2.46. The number of hydrogen-bond donors (Lipinski definition) is 1. The molecule has 14 heavy (non-hydrogen) atoms. The first kappa shape index (κ1) is 9.52. The predicted octanol–water partition coefficient (Wildman–Crippen LogP) is 0.869. The molecule has 0 aromatic carbocycles. The van der Waals surface area contributed by atoms with Gasteiger partial charge in [0.1, 0.15) is 6.07 Å². The molecule has 5 nitrogen and oxygen atoms in total. The van der Waals surface area contributed by atoms with Gasteiger partial charge in [-0.25, -0.2) is 15.4 Å². The Hall–Kier alpha value is -1.03. The fourth-order valence-corrected chi connectivity index (χ4v) is 1.77. The van der Waals surface area contributed by atoms with Crippen LogP contribution in [0.2, 0.25) is 0 Å². The first-order valence-electron chi connectivity index (χ1n) is 3.80. The Bertz CT molecular complexity index is 405. The molecular formula is C7H6ClN5S. The molecule has 0 saturated heterocycles. The van der Waals surface area contributed by atoms with Gasteiger partial charge in [-0.1, -0.05) is 11.8 Å². The molecule has 72 valence electrons. The molecule has 0 unspecified atom stereocenters. The van der Waals surface area contributed by atoms with Gasteiger partial charge in [0.05, 0.1) is 12.1 Å². The van der Waals surface area contributed by atoms with Crippen molar-refractivity contribution in [2.45, 2.75) is 0 Å². The first-order valence-corrected chi connectivity index (χ1v) is 5.40. The van der Waals surface area contributed by atoms with E-state index in [-0.39, 0.29) is 0 Å². The van der Waals surface area contributed by atoms with Gasteiger partial charge in [0.2, 0.25) is 5.29 Å². The molecule has 0 atom stereocenters. The zero-order chi connectivity index (χ0) is 10.1. The molecule has 2 aliphatic rings. The quantitative estimate of drug-likeness (QED) is 0.624. The number of nitriles is 1. The lowest BCUT2D eigenvalue weighted by atomic mass is 10.3. The molecule has 0 bridgehead atoms. The maximum Gasteiger partial charge on any atom is 0.221 e. The van der Waals surface area contributed by atoms with Gasteiger partial charge in [0, 0.05) is 0 Å². The van der Waals surface area contributed by atoms with Crippen LogP contribution in [0.25, 0.3) is 0 Å². The lowest BCUT2D eigenvalue weighted by Crippen LogP contribution is -2.36. The van der Waals surface area contributed by atoms with E-state index in [2.05, 4.69) is 21.5 Å². The van der Waals surface area contributed by atoms with Crippen molar-refractivity contribution in [2.75, 3.05) is 12.8 Å². The predicted molar refractivity (Wildman–Crippen MR) is 56.7 cm³/mol. The Morgan fingerprint density at radius 3 is 3.07 bits per heavy atom. The molecule has 0 aromatic heterocycles. The van der Waals surface area contributed by atoms with Crippen molar-refractivity contribution in [3.63, 3.8) is 0 Å². The number of fused-ring (bicyclic) bond motifs is 1. The summed E-state index contributed by atoms with van der Waals surface area (Å²) in [5, 5.41) is 11.2. The van der Waals surface area contributed by atoms with Gasteiger partial charge in [0.15, 0.2) is 11.0 Å². The summed E-state index contributed by atoms with van der Waals surface area (Å²) in [6.45, 7) is 0.447. The highest BCUT2D eigenvalue weighted by Gasteiger charge is 2.28. The summed E-state index contributed by atoms with van der Waals surface area (Å²) in [6, 6.07) is 2.07. The molecule has 7 heteroatoms. The zero-order valence-corrected chi connectivity index (χ0v) is 8.85. The average Bonchev–Trinajstić information content (AvgIpc) is 2.61. The van der Waals surface area contributed by atoms with Crippen molar-refractivity contribution in [3.8, 4) is 6.07 Å². The third-order valence-corrected chi connectivity index (χ3v) is 2.59. The Labute approximate surface area is 90.1 Å². The van der Waals surface area contributed by atoms with Crippen LogP contribution in [0.15, 0.2) is 21.4 Å². The molecule has 0 amide bonds. The number of amidine groups is 2. The van der Waals surface area contributed by atoms with E-state index in [0.29, 0.717) is 28.4 Å². The SMILES string of the molecule is CSC1=NC2=C(C#N)CNN2C(Cl)=N1. The lowest BCUT2D eigenvalue weighted by molar-refractivity contribution is 0.433. The fraction of sp³-hybridized carbons (Fsp3) is 0.286. The number of aliphatic imine (C=N–C) groups is 2. The molecule has 0 aromatic rings. The summed E-state index contributed by atoms with van der Waals surface area (Å²) in [5.41, 5.74) is 3.49. The van der Waals surface area contributed by atoms with E-state index >= 15 is 0 Å². The maximum absolute atomic E-state index is 8.82. The summed E-state index contributed by atoms with van der Waals surface area (Å²) in [4.78, 5) is 8.22. The summed E-state index contributed by atoms with van der Waals surface area (Å²) < 4.78 is 0. The minimum absolute atomic E-state index is 0.296. The van der Waals surface area contributed by atoms with Gasteiger partial charge in [-0.3, -0.25) is 0 Å². The number of nitrogens with zero attached hydrogens (tertiary/aromatic N) is 4. The van der Waals surface area contributed by atoms with Crippen LogP contribution in [0.3, 0.4) is 0 Å². The molecule has 0 saturated carbocycles. The van der Waals surface area contributed by atoms with E-state index in [0.717, 1.165) is 0 Å². The molecule has 0 fully saturated rings. The molecular weight excluding hydrogens is 222 g/mol. The molecule has 0 spiro atoms. The number of thioether (sulfide) groups is 1. The first-order chi connectivity index (χ1) is 6.76. The van der Waals surface area contributed by atoms with Crippen molar-refractivity contribution in [3.05, 3.63) is 11.4 Å². The number of halogens is 1. The Morgan fingerprint density at radius 1 is 1.64 bits per heavy atom. The van der Waals surface area contributed by atoms with Crippen LogP contribution in [0.4, 0.5) is 0 Å². The van der Waals surface area contributed by atoms with Crippen LogP contribution in [-0.2, 0) is 0 Å². The smallest absolute Gasteiger partial charge is 0.221 e. The standard InChI is InChI=1S/C7H6ClN5S/c1-14-7-11-5-4(2-9)3-10-13(5)6(8)12-7/h10H,3H2,1H3. The van der Waals surface area contributed by atoms with E-state index in [1.54, 1.807) is 0 Å². The van der Waals surface area contributed by atoms with Gasteiger partial charge < -0.3 is 0 Å². The normalized spacial score (nSPS) is 20.2. The van der Waals surface area contributed by atoms with Crippen molar-refractivity contribution in [2.24, 2.45) is 9.98 Å². The highest BCUT2D eigenvalue weighted by atomic mass is 35.5. The van der Waals surface area contributed by atoms with E-state index in [9.17, 15) is 0 Å². The van der Waals surface area contributed by atoms with Gasteiger partial charge in [-0.2, -0.15) is 10.3 Å².